The van der Waals surface area contributed by atoms with E-state index in [1.807, 2.05) is 13.8 Å². The predicted molar refractivity (Wildman–Crippen MR) is 131 cm³/mol. The summed E-state index contributed by atoms with van der Waals surface area (Å²) in [6, 6.07) is 3.73. The first-order chi connectivity index (χ1) is 16.8. The predicted octanol–water partition coefficient (Wildman–Crippen LogP) is 2.15. The lowest BCUT2D eigenvalue weighted by Crippen LogP contribution is -2.43. The molecule has 1 rings (SSSR count). The molecule has 1 unspecified atom stereocenters. The van der Waals surface area contributed by atoms with E-state index in [9.17, 15) is 19.2 Å². The average molecular weight is 494 g/mol. The van der Waals surface area contributed by atoms with Crippen LogP contribution >= 0.6 is 0 Å². The lowest BCUT2D eigenvalue weighted by Gasteiger charge is -2.19. The highest BCUT2D eigenvalue weighted by Crippen LogP contribution is 2.30. The number of hydrogen-bond donors (Lipinski definition) is 3. The summed E-state index contributed by atoms with van der Waals surface area (Å²) < 4.78 is 16.1. The molecule has 0 bridgehead atoms. The molecule has 0 saturated carbocycles. The van der Waals surface area contributed by atoms with Crippen molar-refractivity contribution in [1.29, 1.82) is 0 Å². The van der Waals surface area contributed by atoms with Crippen molar-refractivity contribution in [3.05, 3.63) is 23.8 Å². The third kappa shape index (κ3) is 12.3. The fourth-order valence-electron chi connectivity index (χ4n) is 3.02. The lowest BCUT2D eigenvalue weighted by atomic mass is 10.0. The first-order valence-electron chi connectivity index (χ1n) is 12.2. The van der Waals surface area contributed by atoms with Crippen LogP contribution in [0.3, 0.4) is 0 Å². The summed E-state index contributed by atoms with van der Waals surface area (Å²) in [6.45, 7) is 4.76. The Balaban J connectivity index is 3.12. The van der Waals surface area contributed by atoms with Gasteiger partial charge in [-0.1, -0.05) is 26.3 Å². The summed E-state index contributed by atoms with van der Waals surface area (Å²) >= 11 is 0. The van der Waals surface area contributed by atoms with E-state index in [-0.39, 0.29) is 49.7 Å². The highest BCUT2D eigenvalue weighted by Gasteiger charge is 2.24. The number of amides is 1. The quantitative estimate of drug-likeness (QED) is 0.168. The number of ether oxygens (including phenoxy) is 3. The van der Waals surface area contributed by atoms with Crippen LogP contribution in [0.2, 0.25) is 0 Å². The second-order valence-electron chi connectivity index (χ2n) is 8.11. The molecule has 1 amide bonds. The molecule has 10 nitrogen and oxygen atoms in total. The molecule has 0 saturated heterocycles. The van der Waals surface area contributed by atoms with Crippen molar-refractivity contribution in [2.75, 3.05) is 19.7 Å². The third-order valence-electron chi connectivity index (χ3n) is 4.90. The smallest absolute Gasteiger partial charge is 0.328 e. The van der Waals surface area contributed by atoms with Gasteiger partial charge in [-0.05, 0) is 56.5 Å². The summed E-state index contributed by atoms with van der Waals surface area (Å²) in [5, 5.41) is 2.70. The van der Waals surface area contributed by atoms with E-state index in [0.29, 0.717) is 44.3 Å². The van der Waals surface area contributed by atoms with E-state index in [0.717, 1.165) is 6.42 Å². The maximum absolute atomic E-state index is 12.7. The molecule has 0 spiro atoms. The fourth-order valence-corrected chi connectivity index (χ4v) is 3.02. The second kappa shape index (κ2) is 17.5. The van der Waals surface area contributed by atoms with E-state index < -0.39 is 23.9 Å². The molecule has 0 aromatic heterocycles. The zero-order valence-corrected chi connectivity index (χ0v) is 20.8. The molecule has 0 aliphatic heterocycles. The summed E-state index contributed by atoms with van der Waals surface area (Å²) in [5.41, 5.74) is 11.5. The van der Waals surface area contributed by atoms with Gasteiger partial charge in [-0.2, -0.15) is 0 Å². The van der Waals surface area contributed by atoms with E-state index >= 15 is 0 Å². The molecule has 196 valence electrons. The Morgan fingerprint density at radius 2 is 1.51 bits per heavy atom. The normalized spacial score (nSPS) is 11.4. The highest BCUT2D eigenvalue weighted by atomic mass is 16.6. The molecule has 0 aliphatic carbocycles. The van der Waals surface area contributed by atoms with Crippen molar-refractivity contribution >= 4 is 23.8 Å². The van der Waals surface area contributed by atoms with Gasteiger partial charge in [-0.3, -0.25) is 14.4 Å². The number of benzene rings is 1. The van der Waals surface area contributed by atoms with Crippen molar-refractivity contribution in [2.45, 2.75) is 77.7 Å². The molecule has 0 heterocycles. The van der Waals surface area contributed by atoms with Crippen molar-refractivity contribution in [3.8, 4) is 11.5 Å². The Kier molecular flexibility index (Phi) is 15.0. The van der Waals surface area contributed by atoms with Gasteiger partial charge < -0.3 is 31.0 Å². The van der Waals surface area contributed by atoms with Gasteiger partial charge in [0.15, 0.2) is 11.5 Å². The van der Waals surface area contributed by atoms with Crippen molar-refractivity contribution in [3.63, 3.8) is 0 Å². The maximum atomic E-state index is 12.7. The number of esters is 3. The van der Waals surface area contributed by atoms with Crippen LogP contribution in [0.25, 0.3) is 0 Å². The highest BCUT2D eigenvalue weighted by molar-refractivity contribution is 5.84. The molecule has 1 aromatic carbocycles. The van der Waals surface area contributed by atoms with E-state index in [1.54, 1.807) is 6.07 Å². The first kappa shape index (κ1) is 30.1. The molecule has 35 heavy (non-hydrogen) atoms. The number of carbonyl (C=O) groups is 4. The van der Waals surface area contributed by atoms with Gasteiger partial charge in [0.2, 0.25) is 5.91 Å². The van der Waals surface area contributed by atoms with Gasteiger partial charge in [-0.15, -0.1) is 0 Å². The molecule has 1 aromatic rings. The molecule has 0 radical (unpaired) electrons. The van der Waals surface area contributed by atoms with Crippen molar-refractivity contribution in [2.24, 2.45) is 11.5 Å². The van der Waals surface area contributed by atoms with Gasteiger partial charge >= 0.3 is 17.9 Å². The number of rotatable bonds is 17. The largest absolute Gasteiger partial charge is 0.464 e. The van der Waals surface area contributed by atoms with E-state index in [2.05, 4.69) is 5.32 Å². The number of carbonyl (C=O) groups excluding carboxylic acids is 4. The number of nitrogens with two attached hydrogens (primary N) is 2. The van der Waals surface area contributed by atoms with Crippen LogP contribution in [0, 0.1) is 0 Å². The summed E-state index contributed by atoms with van der Waals surface area (Å²) in [7, 11) is 0. The Morgan fingerprint density at radius 1 is 0.857 bits per heavy atom. The molecule has 0 fully saturated rings. The maximum Gasteiger partial charge on any atom is 0.328 e. The SMILES string of the molecule is CCCCOC(=O)C(Cc1ccc(OC(=O)CCC)c(OC(=O)CCCN)c1)NC(=O)CCCN. The number of nitrogens with one attached hydrogen (secondary N) is 1. The topological polar surface area (TPSA) is 160 Å². The van der Waals surface area contributed by atoms with Crippen LogP contribution in [0.15, 0.2) is 18.2 Å². The summed E-state index contributed by atoms with van der Waals surface area (Å²) in [5.74, 6) is -1.69. The molecule has 1 atom stereocenters. The van der Waals surface area contributed by atoms with Crippen LogP contribution < -0.4 is 26.3 Å². The third-order valence-corrected chi connectivity index (χ3v) is 4.90. The summed E-state index contributed by atoms with van der Waals surface area (Å²) in [4.78, 5) is 49.2. The second-order valence-corrected chi connectivity index (χ2v) is 8.11. The minimum Gasteiger partial charge on any atom is -0.464 e. The first-order valence-corrected chi connectivity index (χ1v) is 12.2. The Hall–Kier alpha value is -2.98. The van der Waals surface area contributed by atoms with E-state index in [4.69, 9.17) is 25.7 Å². The van der Waals surface area contributed by atoms with Crippen LogP contribution in [-0.2, 0) is 30.3 Å². The van der Waals surface area contributed by atoms with Gasteiger partial charge in [0.05, 0.1) is 6.61 Å². The fraction of sp³-hybridized carbons (Fsp3) is 0.600. The lowest BCUT2D eigenvalue weighted by molar-refractivity contribution is -0.148. The number of hydrogen-bond acceptors (Lipinski definition) is 9. The molecular weight excluding hydrogens is 454 g/mol. The van der Waals surface area contributed by atoms with Gasteiger partial charge in [0.25, 0.3) is 0 Å². The van der Waals surface area contributed by atoms with Gasteiger partial charge in [-0.25, -0.2) is 4.79 Å². The Bertz CT molecular complexity index is 829. The molecule has 10 heteroatoms. The zero-order chi connectivity index (χ0) is 26.1. The van der Waals surface area contributed by atoms with Crippen LogP contribution in [0.4, 0.5) is 0 Å². The zero-order valence-electron chi connectivity index (χ0n) is 20.8. The van der Waals surface area contributed by atoms with E-state index in [1.165, 1.54) is 12.1 Å². The monoisotopic (exact) mass is 493 g/mol. The van der Waals surface area contributed by atoms with Gasteiger partial charge in [0, 0.05) is 25.7 Å². The van der Waals surface area contributed by atoms with Gasteiger partial charge in [0.1, 0.15) is 6.04 Å². The molecular formula is C25H39N3O7. The van der Waals surface area contributed by atoms with Crippen LogP contribution in [0.5, 0.6) is 11.5 Å². The summed E-state index contributed by atoms with van der Waals surface area (Å²) in [6.07, 6.45) is 3.71. The van der Waals surface area contributed by atoms with Crippen LogP contribution in [-0.4, -0.2) is 49.6 Å². The minimum atomic E-state index is -0.939. The Morgan fingerprint density at radius 3 is 2.17 bits per heavy atom. The molecule has 5 N–H and O–H groups in total. The molecule has 0 aliphatic rings. The Labute approximate surface area is 207 Å². The van der Waals surface area contributed by atoms with Crippen molar-refractivity contribution in [1.82, 2.24) is 5.32 Å². The minimum absolute atomic E-state index is 0.0570. The standard InChI is InChI=1S/C25H39N3O7/c1-3-5-15-33-25(32)19(28-22(29)9-6-13-26)16-18-11-12-20(34-23(30)8-4-2)21(17-18)35-24(31)10-7-14-27/h11-12,17,19H,3-10,13-16,26-27H2,1-2H3,(H,28,29). The number of unbranched alkanes of at least 4 members (excludes halogenated alkanes) is 1. The average Bonchev–Trinajstić information content (AvgIpc) is 2.82. The van der Waals surface area contributed by atoms with Crippen LogP contribution in [0.1, 0.15) is 70.8 Å². The van der Waals surface area contributed by atoms with Crippen molar-refractivity contribution < 1.29 is 33.4 Å².